The number of benzene rings is 1. The predicted octanol–water partition coefficient (Wildman–Crippen LogP) is 3.02. The van der Waals surface area contributed by atoms with Gasteiger partial charge < -0.3 is 14.5 Å². The first kappa shape index (κ1) is 18.5. The first-order valence-electron chi connectivity index (χ1n) is 8.48. The number of amides is 1. The maximum atomic E-state index is 12.9. The van der Waals surface area contributed by atoms with Crippen LogP contribution in [0.5, 0.6) is 5.75 Å². The second kappa shape index (κ2) is 7.51. The lowest BCUT2D eigenvalue weighted by molar-refractivity contribution is 0.0995. The van der Waals surface area contributed by atoms with Crippen LogP contribution < -0.4 is 10.1 Å². The smallest absolute Gasteiger partial charge is 0.291 e. The van der Waals surface area contributed by atoms with E-state index in [0.717, 1.165) is 19.3 Å². The highest BCUT2D eigenvalue weighted by molar-refractivity contribution is 7.89. The van der Waals surface area contributed by atoms with E-state index in [-0.39, 0.29) is 16.3 Å². The fraction of sp³-hybridized carbons (Fsp3) is 0.389. The topological polar surface area (TPSA) is 88.9 Å². The second-order valence-corrected chi connectivity index (χ2v) is 8.13. The molecule has 3 rings (SSSR count). The number of carbonyl (C=O) groups is 1. The van der Waals surface area contributed by atoms with Crippen molar-refractivity contribution < 1.29 is 22.4 Å². The van der Waals surface area contributed by atoms with E-state index in [9.17, 15) is 13.2 Å². The summed E-state index contributed by atoms with van der Waals surface area (Å²) in [6.45, 7) is 2.77. The summed E-state index contributed by atoms with van der Waals surface area (Å²) < 4.78 is 37.7. The van der Waals surface area contributed by atoms with E-state index in [1.807, 2.05) is 0 Å². The zero-order chi connectivity index (χ0) is 18.7. The molecule has 0 unspecified atom stereocenters. The maximum absolute atomic E-state index is 12.9. The van der Waals surface area contributed by atoms with E-state index >= 15 is 0 Å². The lowest BCUT2D eigenvalue weighted by Crippen LogP contribution is -2.35. The fourth-order valence-corrected chi connectivity index (χ4v) is 4.48. The van der Waals surface area contributed by atoms with Crippen LogP contribution in [0.1, 0.15) is 35.6 Å². The zero-order valence-electron chi connectivity index (χ0n) is 14.8. The SMILES string of the molecule is COc1ccc(S(=O)(=O)N2CCCCC2)cc1NC(=O)c1ccc(C)o1. The molecule has 0 aliphatic carbocycles. The average molecular weight is 378 g/mol. The van der Waals surface area contributed by atoms with E-state index < -0.39 is 15.9 Å². The largest absolute Gasteiger partial charge is 0.495 e. The second-order valence-electron chi connectivity index (χ2n) is 6.19. The van der Waals surface area contributed by atoms with Crippen LogP contribution in [0.15, 0.2) is 39.6 Å². The summed E-state index contributed by atoms with van der Waals surface area (Å²) in [7, 11) is -2.14. The number of anilines is 1. The molecular formula is C18H22N2O5S. The van der Waals surface area contributed by atoms with Crippen LogP contribution in [0.25, 0.3) is 0 Å². The van der Waals surface area contributed by atoms with Gasteiger partial charge in [0.05, 0.1) is 17.7 Å². The number of hydrogen-bond acceptors (Lipinski definition) is 5. The molecule has 2 heterocycles. The van der Waals surface area contributed by atoms with Crippen molar-refractivity contribution in [1.29, 1.82) is 0 Å². The molecule has 1 aliphatic heterocycles. The van der Waals surface area contributed by atoms with Gasteiger partial charge in [-0.2, -0.15) is 4.31 Å². The minimum absolute atomic E-state index is 0.131. The van der Waals surface area contributed by atoms with E-state index in [4.69, 9.17) is 9.15 Å². The van der Waals surface area contributed by atoms with Gasteiger partial charge in [0.1, 0.15) is 11.5 Å². The van der Waals surface area contributed by atoms with Gasteiger partial charge >= 0.3 is 0 Å². The van der Waals surface area contributed by atoms with Crippen molar-refractivity contribution in [2.24, 2.45) is 0 Å². The molecule has 7 nitrogen and oxygen atoms in total. The molecule has 0 bridgehead atoms. The highest BCUT2D eigenvalue weighted by Gasteiger charge is 2.27. The van der Waals surface area contributed by atoms with Crippen molar-refractivity contribution in [3.63, 3.8) is 0 Å². The Morgan fingerprint density at radius 2 is 1.88 bits per heavy atom. The normalized spacial score (nSPS) is 15.6. The van der Waals surface area contributed by atoms with Gasteiger partial charge in [-0.15, -0.1) is 0 Å². The van der Waals surface area contributed by atoms with E-state index in [1.54, 1.807) is 25.1 Å². The number of rotatable bonds is 5. The highest BCUT2D eigenvalue weighted by Crippen LogP contribution is 2.30. The highest BCUT2D eigenvalue weighted by atomic mass is 32.2. The van der Waals surface area contributed by atoms with Crippen LogP contribution in [-0.4, -0.2) is 38.8 Å². The minimum Gasteiger partial charge on any atom is -0.495 e. The molecule has 0 saturated carbocycles. The van der Waals surface area contributed by atoms with Crippen LogP contribution >= 0.6 is 0 Å². The molecule has 140 valence electrons. The molecule has 0 radical (unpaired) electrons. The van der Waals surface area contributed by atoms with Crippen LogP contribution in [0.2, 0.25) is 0 Å². The summed E-state index contributed by atoms with van der Waals surface area (Å²) in [6.07, 6.45) is 2.76. The first-order chi connectivity index (χ1) is 12.4. The number of carbonyl (C=O) groups excluding carboxylic acids is 1. The third-order valence-electron chi connectivity index (χ3n) is 4.34. The molecule has 1 amide bonds. The standard InChI is InChI=1S/C18H22N2O5S/c1-13-6-8-17(25-13)18(21)19-15-12-14(7-9-16(15)24-2)26(22,23)20-10-4-3-5-11-20/h6-9,12H,3-5,10-11H2,1-2H3,(H,19,21). The molecule has 2 aromatic rings. The van der Waals surface area contributed by atoms with Crippen molar-refractivity contribution in [1.82, 2.24) is 4.31 Å². The van der Waals surface area contributed by atoms with Crippen molar-refractivity contribution in [3.05, 3.63) is 41.9 Å². The number of aryl methyl sites for hydroxylation is 1. The molecule has 1 aromatic heterocycles. The number of piperidine rings is 1. The van der Waals surface area contributed by atoms with Crippen LogP contribution in [0.3, 0.4) is 0 Å². The van der Waals surface area contributed by atoms with Gasteiger partial charge in [-0.1, -0.05) is 6.42 Å². The van der Waals surface area contributed by atoms with Gasteiger partial charge in [-0.3, -0.25) is 4.79 Å². The molecule has 1 aromatic carbocycles. The molecule has 0 spiro atoms. The number of hydrogen-bond donors (Lipinski definition) is 1. The van der Waals surface area contributed by atoms with Crippen molar-refractivity contribution in [2.75, 3.05) is 25.5 Å². The maximum Gasteiger partial charge on any atom is 0.291 e. The van der Waals surface area contributed by atoms with Crippen molar-refractivity contribution >= 4 is 21.6 Å². The summed E-state index contributed by atoms with van der Waals surface area (Å²) in [4.78, 5) is 12.5. The summed E-state index contributed by atoms with van der Waals surface area (Å²) in [6, 6.07) is 7.71. The third-order valence-corrected chi connectivity index (χ3v) is 6.23. The molecule has 1 fully saturated rings. The van der Waals surface area contributed by atoms with Crippen molar-refractivity contribution in [2.45, 2.75) is 31.1 Å². The molecular weight excluding hydrogens is 356 g/mol. The van der Waals surface area contributed by atoms with E-state index in [0.29, 0.717) is 24.6 Å². The Bertz CT molecular complexity index is 898. The summed E-state index contributed by atoms with van der Waals surface area (Å²) >= 11 is 0. The molecule has 1 N–H and O–H groups in total. The fourth-order valence-electron chi connectivity index (χ4n) is 2.94. The van der Waals surface area contributed by atoms with Crippen LogP contribution in [0, 0.1) is 6.92 Å². The Morgan fingerprint density at radius 3 is 2.50 bits per heavy atom. The van der Waals surface area contributed by atoms with Gasteiger partial charge in [0.2, 0.25) is 10.0 Å². The zero-order valence-corrected chi connectivity index (χ0v) is 15.6. The number of methoxy groups -OCH3 is 1. The lowest BCUT2D eigenvalue weighted by Gasteiger charge is -2.26. The Kier molecular flexibility index (Phi) is 5.33. The Hall–Kier alpha value is -2.32. The number of furan rings is 1. The number of sulfonamides is 1. The molecule has 0 atom stereocenters. The number of ether oxygens (including phenoxy) is 1. The number of nitrogens with one attached hydrogen (secondary N) is 1. The molecule has 1 aliphatic rings. The van der Waals surface area contributed by atoms with E-state index in [2.05, 4.69) is 5.32 Å². The molecule has 26 heavy (non-hydrogen) atoms. The van der Waals surface area contributed by atoms with Gasteiger partial charge in [-0.05, 0) is 50.1 Å². The Morgan fingerprint density at radius 1 is 1.15 bits per heavy atom. The Labute approximate surface area is 153 Å². The average Bonchev–Trinajstić information content (AvgIpc) is 3.09. The quantitative estimate of drug-likeness (QED) is 0.864. The van der Waals surface area contributed by atoms with Gasteiger partial charge in [0, 0.05) is 13.1 Å². The summed E-state index contributed by atoms with van der Waals surface area (Å²) in [5, 5.41) is 2.67. The lowest BCUT2D eigenvalue weighted by atomic mass is 10.2. The Balaban J connectivity index is 1.90. The molecule has 1 saturated heterocycles. The number of nitrogens with zero attached hydrogens (tertiary/aromatic N) is 1. The molecule has 8 heteroatoms. The van der Waals surface area contributed by atoms with Gasteiger partial charge in [0.25, 0.3) is 5.91 Å². The summed E-state index contributed by atoms with van der Waals surface area (Å²) in [5.74, 6) is 0.667. The monoisotopic (exact) mass is 378 g/mol. The minimum atomic E-state index is -3.60. The third kappa shape index (κ3) is 3.76. The predicted molar refractivity (Wildman–Crippen MR) is 97.0 cm³/mol. The van der Waals surface area contributed by atoms with Crippen molar-refractivity contribution in [3.8, 4) is 5.75 Å². The van der Waals surface area contributed by atoms with Gasteiger partial charge in [0.15, 0.2) is 5.76 Å². The first-order valence-corrected chi connectivity index (χ1v) is 9.92. The van der Waals surface area contributed by atoms with Crippen LogP contribution in [0.4, 0.5) is 5.69 Å². The van der Waals surface area contributed by atoms with Crippen LogP contribution in [-0.2, 0) is 10.0 Å². The van der Waals surface area contributed by atoms with E-state index in [1.165, 1.54) is 23.5 Å². The van der Waals surface area contributed by atoms with Gasteiger partial charge in [-0.25, -0.2) is 8.42 Å². The summed E-state index contributed by atoms with van der Waals surface area (Å²) in [5.41, 5.74) is 0.282.